The maximum Gasteiger partial charge on any atom is 0.328 e. The van der Waals surface area contributed by atoms with Gasteiger partial charge in [-0.2, -0.15) is 0 Å². The van der Waals surface area contributed by atoms with Gasteiger partial charge in [-0.1, -0.05) is 6.07 Å². The highest BCUT2D eigenvalue weighted by Gasteiger charge is 2.05. The topological polar surface area (TPSA) is 65.0 Å². The van der Waals surface area contributed by atoms with Gasteiger partial charge in [0.25, 0.3) is 0 Å². The molecule has 2 aromatic rings. The molecule has 2 aromatic carbocycles. The van der Waals surface area contributed by atoms with Gasteiger partial charge in [-0.05, 0) is 48.0 Å². The second-order valence-electron chi connectivity index (χ2n) is 4.71. The molecule has 0 heterocycles. The number of aliphatic carboxylic acids is 1. The Kier molecular flexibility index (Phi) is 5.63. The Balaban J connectivity index is 2.12. The van der Waals surface area contributed by atoms with E-state index < -0.39 is 5.97 Å². The number of methoxy groups -OCH3 is 2. The van der Waals surface area contributed by atoms with E-state index in [1.807, 2.05) is 30.3 Å². The van der Waals surface area contributed by atoms with Crippen LogP contribution in [0.3, 0.4) is 0 Å². The van der Waals surface area contributed by atoms with Crippen molar-refractivity contribution in [2.45, 2.75) is 6.61 Å². The van der Waals surface area contributed by atoms with E-state index in [4.69, 9.17) is 19.3 Å². The van der Waals surface area contributed by atoms with Crippen molar-refractivity contribution in [1.29, 1.82) is 0 Å². The quantitative estimate of drug-likeness (QED) is 0.794. The van der Waals surface area contributed by atoms with Gasteiger partial charge in [0.15, 0.2) is 0 Å². The van der Waals surface area contributed by atoms with E-state index in [-0.39, 0.29) is 0 Å². The lowest BCUT2D eigenvalue weighted by atomic mass is 10.1. The van der Waals surface area contributed by atoms with Crippen LogP contribution < -0.4 is 14.2 Å². The Bertz CT molecular complexity index is 689. The van der Waals surface area contributed by atoms with Crippen LogP contribution >= 0.6 is 0 Å². The van der Waals surface area contributed by atoms with E-state index >= 15 is 0 Å². The second-order valence-corrected chi connectivity index (χ2v) is 4.71. The van der Waals surface area contributed by atoms with Crippen LogP contribution in [0.1, 0.15) is 11.1 Å². The molecule has 0 aromatic heterocycles. The molecule has 0 radical (unpaired) electrons. The van der Waals surface area contributed by atoms with E-state index in [1.165, 1.54) is 6.08 Å². The van der Waals surface area contributed by atoms with Crippen molar-refractivity contribution < 1.29 is 24.1 Å². The van der Waals surface area contributed by atoms with Crippen molar-refractivity contribution in [3.8, 4) is 17.2 Å². The van der Waals surface area contributed by atoms with Gasteiger partial charge in [0.1, 0.15) is 23.9 Å². The Morgan fingerprint density at radius 2 is 1.74 bits per heavy atom. The molecule has 0 amide bonds. The number of carbonyl (C=O) groups is 1. The molecule has 5 heteroatoms. The second kappa shape index (κ2) is 7.89. The third-order valence-electron chi connectivity index (χ3n) is 3.18. The molecule has 0 aliphatic rings. The first kappa shape index (κ1) is 16.4. The summed E-state index contributed by atoms with van der Waals surface area (Å²) in [6.45, 7) is 0.310. The lowest BCUT2D eigenvalue weighted by Gasteiger charge is -2.11. The fraction of sp³-hybridized carbons (Fsp3) is 0.167. The molecule has 120 valence electrons. The Hall–Kier alpha value is -2.95. The maximum atomic E-state index is 10.6. The minimum atomic E-state index is -0.989. The third-order valence-corrected chi connectivity index (χ3v) is 3.18. The fourth-order valence-corrected chi connectivity index (χ4v) is 2.02. The monoisotopic (exact) mass is 314 g/mol. The van der Waals surface area contributed by atoms with Gasteiger partial charge >= 0.3 is 5.97 Å². The van der Waals surface area contributed by atoms with E-state index in [0.29, 0.717) is 18.1 Å². The number of carboxylic acids is 1. The van der Waals surface area contributed by atoms with Gasteiger partial charge in [-0.15, -0.1) is 0 Å². The average Bonchev–Trinajstić information content (AvgIpc) is 2.58. The highest BCUT2D eigenvalue weighted by Crippen LogP contribution is 2.24. The zero-order chi connectivity index (χ0) is 16.7. The van der Waals surface area contributed by atoms with Gasteiger partial charge in [-0.25, -0.2) is 4.79 Å². The number of ether oxygens (including phenoxy) is 3. The van der Waals surface area contributed by atoms with Gasteiger partial charge in [0.2, 0.25) is 0 Å². The summed E-state index contributed by atoms with van der Waals surface area (Å²) in [4.78, 5) is 10.6. The van der Waals surface area contributed by atoms with Crippen LogP contribution in [-0.2, 0) is 11.4 Å². The summed E-state index contributed by atoms with van der Waals surface area (Å²) in [5, 5.41) is 8.69. The van der Waals surface area contributed by atoms with Crippen LogP contribution in [0, 0.1) is 0 Å². The third kappa shape index (κ3) is 4.78. The summed E-state index contributed by atoms with van der Waals surface area (Å²) < 4.78 is 16.1. The normalized spacial score (nSPS) is 10.5. The predicted octanol–water partition coefficient (Wildman–Crippen LogP) is 3.38. The summed E-state index contributed by atoms with van der Waals surface area (Å²) >= 11 is 0. The first-order valence-corrected chi connectivity index (χ1v) is 6.97. The lowest BCUT2D eigenvalue weighted by Crippen LogP contribution is -1.99. The molecule has 2 rings (SSSR count). The summed E-state index contributed by atoms with van der Waals surface area (Å²) in [5.41, 5.74) is 1.59. The molecule has 0 saturated carbocycles. The van der Waals surface area contributed by atoms with Gasteiger partial charge in [-0.3, -0.25) is 0 Å². The maximum absolute atomic E-state index is 10.6. The molecule has 23 heavy (non-hydrogen) atoms. The summed E-state index contributed by atoms with van der Waals surface area (Å²) in [6.07, 6.45) is 2.62. The van der Waals surface area contributed by atoms with Crippen molar-refractivity contribution in [2.75, 3.05) is 14.2 Å². The summed E-state index contributed by atoms with van der Waals surface area (Å²) in [5.74, 6) is 1.16. The lowest BCUT2D eigenvalue weighted by molar-refractivity contribution is -0.131. The molecule has 0 saturated heterocycles. The Morgan fingerprint density at radius 1 is 1.04 bits per heavy atom. The minimum Gasteiger partial charge on any atom is -0.497 e. The number of hydrogen-bond acceptors (Lipinski definition) is 4. The molecule has 5 nitrogen and oxygen atoms in total. The van der Waals surface area contributed by atoms with Crippen LogP contribution in [0.4, 0.5) is 0 Å². The summed E-state index contributed by atoms with van der Waals surface area (Å²) in [6, 6.07) is 12.7. The van der Waals surface area contributed by atoms with E-state index in [2.05, 4.69) is 0 Å². The molecule has 1 N–H and O–H groups in total. The van der Waals surface area contributed by atoms with Crippen molar-refractivity contribution in [1.82, 2.24) is 0 Å². The molecule has 0 aliphatic heterocycles. The van der Waals surface area contributed by atoms with Crippen LogP contribution in [0.15, 0.2) is 48.5 Å². The number of benzene rings is 2. The number of rotatable bonds is 7. The van der Waals surface area contributed by atoms with E-state index in [0.717, 1.165) is 23.0 Å². The number of hydrogen-bond donors (Lipinski definition) is 1. The largest absolute Gasteiger partial charge is 0.497 e. The van der Waals surface area contributed by atoms with Crippen molar-refractivity contribution in [3.63, 3.8) is 0 Å². The zero-order valence-corrected chi connectivity index (χ0v) is 13.0. The fourth-order valence-electron chi connectivity index (χ4n) is 2.02. The molecule has 0 spiro atoms. The zero-order valence-electron chi connectivity index (χ0n) is 13.0. The molecule has 0 fully saturated rings. The minimum absolute atomic E-state index is 0.310. The molecule has 0 bridgehead atoms. The predicted molar refractivity (Wildman–Crippen MR) is 87.0 cm³/mol. The van der Waals surface area contributed by atoms with Crippen LogP contribution in [0.25, 0.3) is 6.08 Å². The van der Waals surface area contributed by atoms with Crippen molar-refractivity contribution >= 4 is 12.0 Å². The van der Waals surface area contributed by atoms with Crippen LogP contribution in [0.5, 0.6) is 17.2 Å². The first-order chi connectivity index (χ1) is 11.1. The standard InChI is InChI=1S/C18H18O5/c1-21-15-5-7-16(8-6-15)23-12-14-11-13(4-10-18(19)20)3-9-17(14)22-2/h3-11H,12H2,1-2H3,(H,19,20). The van der Waals surface area contributed by atoms with Gasteiger partial charge < -0.3 is 19.3 Å². The van der Waals surface area contributed by atoms with Crippen molar-refractivity contribution in [3.05, 3.63) is 59.7 Å². The Morgan fingerprint density at radius 3 is 2.35 bits per heavy atom. The number of carboxylic acid groups (broad SMARTS) is 1. The van der Waals surface area contributed by atoms with Gasteiger partial charge in [0.05, 0.1) is 14.2 Å². The highest BCUT2D eigenvalue weighted by molar-refractivity contribution is 5.85. The van der Waals surface area contributed by atoms with Crippen LogP contribution in [-0.4, -0.2) is 25.3 Å². The van der Waals surface area contributed by atoms with Gasteiger partial charge in [0, 0.05) is 11.6 Å². The molecule has 0 aliphatic carbocycles. The molecular weight excluding hydrogens is 296 g/mol. The molecular formula is C18H18O5. The smallest absolute Gasteiger partial charge is 0.328 e. The average molecular weight is 314 g/mol. The molecule has 0 unspecified atom stereocenters. The van der Waals surface area contributed by atoms with E-state index in [1.54, 1.807) is 26.4 Å². The highest BCUT2D eigenvalue weighted by atomic mass is 16.5. The molecule has 0 atom stereocenters. The Labute approximate surface area is 134 Å². The van der Waals surface area contributed by atoms with Crippen molar-refractivity contribution in [2.24, 2.45) is 0 Å². The summed E-state index contributed by atoms with van der Waals surface area (Å²) in [7, 11) is 3.19. The van der Waals surface area contributed by atoms with Crippen LogP contribution in [0.2, 0.25) is 0 Å². The first-order valence-electron chi connectivity index (χ1n) is 6.97. The SMILES string of the molecule is COc1ccc(OCc2cc(C=CC(=O)O)ccc2OC)cc1. The van der Waals surface area contributed by atoms with E-state index in [9.17, 15) is 4.79 Å².